The van der Waals surface area contributed by atoms with Crippen molar-refractivity contribution in [1.29, 1.82) is 0 Å². The summed E-state index contributed by atoms with van der Waals surface area (Å²) in [6, 6.07) is 0. The van der Waals surface area contributed by atoms with Crippen molar-refractivity contribution in [3.63, 3.8) is 0 Å². The van der Waals surface area contributed by atoms with Crippen LogP contribution < -0.4 is 0 Å². The van der Waals surface area contributed by atoms with Gasteiger partial charge in [-0.25, -0.2) is 4.79 Å². The van der Waals surface area contributed by atoms with Gasteiger partial charge < -0.3 is 4.74 Å². The largest absolute Gasteiger partial charge is 0.444 e. The Balaban J connectivity index is 1.88. The minimum atomic E-state index is -0.476. The average Bonchev–Trinajstić information content (AvgIpc) is 2.54. The van der Waals surface area contributed by atoms with Crippen LogP contribution in [0.2, 0.25) is 0 Å². The number of hydrogen-bond donors (Lipinski definition) is 0. The van der Waals surface area contributed by atoms with Crippen LogP contribution in [0, 0.1) is 16.0 Å². The van der Waals surface area contributed by atoms with Crippen LogP contribution >= 0.6 is 0 Å². The van der Waals surface area contributed by atoms with Gasteiger partial charge in [-0.3, -0.25) is 19.9 Å². The zero-order valence-corrected chi connectivity index (χ0v) is 13.6. The number of rotatable bonds is 5. The van der Waals surface area contributed by atoms with Gasteiger partial charge >= 0.3 is 6.09 Å². The number of hydrogen-bond acceptors (Lipinski definition) is 5. The van der Waals surface area contributed by atoms with Crippen LogP contribution in [-0.4, -0.2) is 53.6 Å². The molecule has 0 aliphatic carbocycles. The first-order chi connectivity index (χ1) is 11.0. The second kappa shape index (κ2) is 7.92. The highest BCUT2D eigenvalue weighted by molar-refractivity contribution is 5.68. The Labute approximate surface area is 136 Å². The van der Waals surface area contributed by atoms with E-state index < -0.39 is 11.0 Å². The van der Waals surface area contributed by atoms with Crippen molar-refractivity contribution in [2.45, 2.75) is 25.9 Å². The highest BCUT2D eigenvalue weighted by Gasteiger charge is 2.36. The molecular weight excluding hydrogens is 298 g/mol. The summed E-state index contributed by atoms with van der Waals surface area (Å²) in [6.07, 6.45) is 8.95. The van der Waals surface area contributed by atoms with Crippen molar-refractivity contribution in [2.75, 3.05) is 26.7 Å². The Morgan fingerprint density at radius 3 is 2.61 bits per heavy atom. The molecule has 7 nitrogen and oxygen atoms in total. The van der Waals surface area contributed by atoms with Crippen LogP contribution in [0.4, 0.5) is 4.79 Å². The molecule has 7 heteroatoms. The van der Waals surface area contributed by atoms with E-state index in [9.17, 15) is 14.9 Å². The molecule has 0 aromatic heterocycles. The fraction of sp³-hybridized carbons (Fsp3) is 0.562. The van der Waals surface area contributed by atoms with Gasteiger partial charge in [0.25, 0.3) is 5.70 Å². The van der Waals surface area contributed by atoms with Gasteiger partial charge in [-0.15, -0.1) is 0 Å². The molecule has 1 unspecified atom stereocenters. The molecule has 3 fully saturated rings. The fourth-order valence-corrected chi connectivity index (χ4v) is 2.94. The summed E-state index contributed by atoms with van der Waals surface area (Å²) >= 11 is 0. The average molecular weight is 321 g/mol. The molecule has 3 saturated heterocycles. The van der Waals surface area contributed by atoms with Crippen LogP contribution in [0.5, 0.6) is 0 Å². The monoisotopic (exact) mass is 321 g/mol. The smallest absolute Gasteiger partial charge is 0.413 e. The van der Waals surface area contributed by atoms with E-state index in [1.807, 2.05) is 0 Å². The molecule has 1 atom stereocenters. The van der Waals surface area contributed by atoms with Gasteiger partial charge in [0, 0.05) is 31.9 Å². The van der Waals surface area contributed by atoms with Gasteiger partial charge in [0.15, 0.2) is 0 Å². The van der Waals surface area contributed by atoms with E-state index in [0.29, 0.717) is 5.92 Å². The van der Waals surface area contributed by atoms with Crippen molar-refractivity contribution in [1.82, 2.24) is 9.80 Å². The summed E-state index contributed by atoms with van der Waals surface area (Å²) in [6.45, 7) is 4.70. The van der Waals surface area contributed by atoms with Crippen LogP contribution in [0.25, 0.3) is 0 Å². The van der Waals surface area contributed by atoms with E-state index in [4.69, 9.17) is 4.74 Å². The van der Waals surface area contributed by atoms with Crippen molar-refractivity contribution >= 4 is 6.09 Å². The van der Waals surface area contributed by atoms with E-state index in [-0.39, 0.29) is 11.8 Å². The number of ether oxygens (including phenoxy) is 1. The third kappa shape index (κ3) is 4.66. The van der Waals surface area contributed by atoms with Crippen molar-refractivity contribution in [3.05, 3.63) is 46.3 Å². The second-order valence-electron chi connectivity index (χ2n) is 5.86. The first kappa shape index (κ1) is 17.2. The number of carbonyl (C=O) groups is 1. The lowest BCUT2D eigenvalue weighted by molar-refractivity contribution is -0.419. The molecule has 0 aromatic rings. The fourth-order valence-electron chi connectivity index (χ4n) is 2.94. The maximum Gasteiger partial charge on any atom is 0.413 e. The number of carbonyl (C=O) groups excluding carboxylic acids is 1. The second-order valence-corrected chi connectivity index (χ2v) is 5.86. The Morgan fingerprint density at radius 2 is 2.09 bits per heavy atom. The Morgan fingerprint density at radius 1 is 1.39 bits per heavy atom. The number of nitro groups is 1. The van der Waals surface area contributed by atoms with Crippen molar-refractivity contribution in [2.24, 2.45) is 5.92 Å². The Hall–Kier alpha value is -2.15. The highest BCUT2D eigenvalue weighted by Crippen LogP contribution is 2.29. The minimum Gasteiger partial charge on any atom is -0.444 e. The molecular formula is C16H23N3O4. The summed E-state index contributed by atoms with van der Waals surface area (Å²) in [7, 11) is 1.58. The Kier molecular flexibility index (Phi) is 5.92. The third-order valence-electron chi connectivity index (χ3n) is 4.26. The quantitative estimate of drug-likeness (QED) is 0.441. The normalized spacial score (nSPS) is 27.6. The SMILES string of the molecule is C\C=C/C(=C\C=C\N(C)C(=O)OC1CN2CCC1CC2)[N+](=O)[O-]. The van der Waals surface area contributed by atoms with Gasteiger partial charge in [-0.2, -0.15) is 0 Å². The van der Waals surface area contributed by atoms with Crippen molar-refractivity contribution in [3.8, 4) is 0 Å². The highest BCUT2D eigenvalue weighted by atomic mass is 16.6. The topological polar surface area (TPSA) is 75.9 Å². The van der Waals surface area contributed by atoms with Crippen LogP contribution in [-0.2, 0) is 4.74 Å². The van der Waals surface area contributed by atoms with Gasteiger partial charge in [-0.1, -0.05) is 6.08 Å². The first-order valence-corrected chi connectivity index (χ1v) is 7.82. The first-order valence-electron chi connectivity index (χ1n) is 7.82. The molecule has 0 radical (unpaired) electrons. The van der Waals surface area contributed by atoms with E-state index in [1.165, 1.54) is 29.3 Å². The molecule has 3 rings (SSSR count). The lowest BCUT2D eigenvalue weighted by Crippen LogP contribution is -2.52. The van der Waals surface area contributed by atoms with Crippen LogP contribution in [0.15, 0.2) is 36.2 Å². The van der Waals surface area contributed by atoms with Gasteiger partial charge in [0.05, 0.1) is 4.92 Å². The molecule has 0 spiro atoms. The third-order valence-corrected chi connectivity index (χ3v) is 4.26. The molecule has 3 heterocycles. The van der Waals surface area contributed by atoms with Crippen molar-refractivity contribution < 1.29 is 14.5 Å². The molecule has 0 N–H and O–H groups in total. The molecule has 2 bridgehead atoms. The maximum atomic E-state index is 12.1. The lowest BCUT2D eigenvalue weighted by Gasteiger charge is -2.44. The van der Waals surface area contributed by atoms with E-state index in [2.05, 4.69) is 4.90 Å². The predicted octanol–water partition coefficient (Wildman–Crippen LogP) is 2.40. The summed E-state index contributed by atoms with van der Waals surface area (Å²) in [5, 5.41) is 10.8. The van der Waals surface area contributed by atoms with E-state index in [1.54, 1.807) is 20.0 Å². The van der Waals surface area contributed by atoms with E-state index >= 15 is 0 Å². The maximum absolute atomic E-state index is 12.1. The van der Waals surface area contributed by atoms with Gasteiger partial charge in [-0.05, 0) is 44.8 Å². The lowest BCUT2D eigenvalue weighted by atomic mass is 9.86. The molecule has 23 heavy (non-hydrogen) atoms. The molecule has 0 saturated carbocycles. The standard InChI is InChI=1S/C16H23N3O4/c1-3-5-14(19(21)22)6-4-9-17(2)16(20)23-15-12-18-10-7-13(15)8-11-18/h3-6,9,13,15H,7-8,10-12H2,1-2H3/b5-3-,9-4+,14-6+. The summed E-state index contributed by atoms with van der Waals surface area (Å²) in [5.41, 5.74) is -0.0390. The molecule has 1 amide bonds. The molecule has 3 aliphatic rings. The van der Waals surface area contributed by atoms with Crippen LogP contribution in [0.1, 0.15) is 19.8 Å². The summed E-state index contributed by atoms with van der Waals surface area (Å²) < 4.78 is 5.57. The summed E-state index contributed by atoms with van der Waals surface area (Å²) in [4.78, 5) is 26.0. The molecule has 3 aliphatic heterocycles. The zero-order valence-electron chi connectivity index (χ0n) is 13.6. The van der Waals surface area contributed by atoms with Gasteiger partial charge in [0.2, 0.25) is 0 Å². The van der Waals surface area contributed by atoms with E-state index in [0.717, 1.165) is 32.5 Å². The molecule has 126 valence electrons. The predicted molar refractivity (Wildman–Crippen MR) is 86.2 cm³/mol. The van der Waals surface area contributed by atoms with Crippen LogP contribution in [0.3, 0.4) is 0 Å². The summed E-state index contributed by atoms with van der Waals surface area (Å²) in [5.74, 6) is 0.456. The van der Waals surface area contributed by atoms with Gasteiger partial charge in [0.1, 0.15) is 6.10 Å². The minimum absolute atomic E-state index is 0.0390. The molecule has 0 aromatic carbocycles. The number of amides is 1. The number of piperidine rings is 3. The Bertz CT molecular complexity index is 533. The number of fused-ring (bicyclic) bond motifs is 3. The zero-order chi connectivity index (χ0) is 16.8. The number of allylic oxidation sites excluding steroid dienone is 4. The number of nitrogens with zero attached hydrogens (tertiary/aromatic N) is 3.